The molecular formula is C19H30N4O3. The highest BCUT2D eigenvalue weighted by Gasteiger charge is 2.34. The molecule has 1 saturated carbocycles. The van der Waals surface area contributed by atoms with Crippen LogP contribution in [0.3, 0.4) is 0 Å². The van der Waals surface area contributed by atoms with E-state index in [1.54, 1.807) is 0 Å². The van der Waals surface area contributed by atoms with Gasteiger partial charge >= 0.3 is 12.0 Å². The van der Waals surface area contributed by atoms with Crippen LogP contribution in [0.5, 0.6) is 0 Å². The standard InChI is InChI=1S/C19H30N4O3/c1-3-14(12-20-15-8-6-5-7-9-15)21-19(26)22-16-10-17(11-16)23(4-2)13-18(24)25/h5-9,14,16-17,20H,3-4,10-13H2,1-2H3,(H,24,25)(H2,21,22,26). The normalized spacial score (nSPS) is 20.1. The summed E-state index contributed by atoms with van der Waals surface area (Å²) in [6.45, 7) is 5.44. The summed E-state index contributed by atoms with van der Waals surface area (Å²) in [6, 6.07) is 10.2. The van der Waals surface area contributed by atoms with Crippen LogP contribution in [-0.2, 0) is 4.79 Å². The molecule has 2 rings (SSSR count). The van der Waals surface area contributed by atoms with Crippen LogP contribution in [0.25, 0.3) is 0 Å². The van der Waals surface area contributed by atoms with Crippen molar-refractivity contribution < 1.29 is 14.7 Å². The lowest BCUT2D eigenvalue weighted by Gasteiger charge is -2.42. The Bertz CT molecular complexity index is 575. The summed E-state index contributed by atoms with van der Waals surface area (Å²) in [6.07, 6.45) is 2.43. The second-order valence-corrected chi connectivity index (χ2v) is 6.75. The summed E-state index contributed by atoms with van der Waals surface area (Å²) in [5.74, 6) is -0.808. The molecule has 1 aromatic rings. The molecule has 0 aliphatic heterocycles. The SMILES string of the molecule is CCC(CNc1ccccc1)NC(=O)NC1CC(N(CC)CC(=O)O)C1. The van der Waals surface area contributed by atoms with Crippen molar-refractivity contribution in [2.45, 2.75) is 51.2 Å². The summed E-state index contributed by atoms with van der Waals surface area (Å²) in [4.78, 5) is 25.0. The molecule has 4 N–H and O–H groups in total. The zero-order valence-corrected chi connectivity index (χ0v) is 15.6. The average molecular weight is 362 g/mol. The molecule has 0 saturated heterocycles. The van der Waals surface area contributed by atoms with E-state index in [1.807, 2.05) is 49.1 Å². The van der Waals surface area contributed by atoms with Crippen LogP contribution >= 0.6 is 0 Å². The number of rotatable bonds is 10. The maximum Gasteiger partial charge on any atom is 0.317 e. The van der Waals surface area contributed by atoms with Gasteiger partial charge in [0.15, 0.2) is 0 Å². The molecule has 1 aliphatic rings. The minimum atomic E-state index is -0.808. The van der Waals surface area contributed by atoms with Crippen LogP contribution in [-0.4, -0.2) is 59.8 Å². The number of carboxylic acid groups (broad SMARTS) is 1. The van der Waals surface area contributed by atoms with Gasteiger partial charge in [-0.1, -0.05) is 32.0 Å². The first-order valence-electron chi connectivity index (χ1n) is 9.33. The maximum atomic E-state index is 12.2. The first kappa shape index (κ1) is 20.0. The third-order valence-corrected chi connectivity index (χ3v) is 4.86. The van der Waals surface area contributed by atoms with E-state index in [-0.39, 0.29) is 30.7 Å². The molecule has 0 heterocycles. The number of carbonyl (C=O) groups excluding carboxylic acids is 1. The second-order valence-electron chi connectivity index (χ2n) is 6.75. The summed E-state index contributed by atoms with van der Waals surface area (Å²) in [5, 5.41) is 18.2. The third kappa shape index (κ3) is 6.22. The zero-order valence-electron chi connectivity index (χ0n) is 15.6. The van der Waals surface area contributed by atoms with Crippen LogP contribution < -0.4 is 16.0 Å². The summed E-state index contributed by atoms with van der Waals surface area (Å²) in [7, 11) is 0. The maximum absolute atomic E-state index is 12.2. The highest BCUT2D eigenvalue weighted by molar-refractivity contribution is 5.74. The fraction of sp³-hybridized carbons (Fsp3) is 0.579. The number of benzene rings is 1. The molecule has 7 heteroatoms. The van der Waals surface area contributed by atoms with Crippen LogP contribution in [0.15, 0.2) is 30.3 Å². The van der Waals surface area contributed by atoms with Gasteiger partial charge in [0.05, 0.1) is 6.54 Å². The van der Waals surface area contributed by atoms with E-state index in [9.17, 15) is 9.59 Å². The fourth-order valence-electron chi connectivity index (χ4n) is 3.18. The van der Waals surface area contributed by atoms with Gasteiger partial charge in [0.25, 0.3) is 0 Å². The quantitative estimate of drug-likeness (QED) is 0.511. The lowest BCUT2D eigenvalue weighted by Crippen LogP contribution is -2.57. The molecular weight excluding hydrogens is 332 g/mol. The molecule has 1 fully saturated rings. The number of anilines is 1. The Kier molecular flexibility index (Phi) is 7.72. The van der Waals surface area contributed by atoms with Gasteiger partial charge in [-0.15, -0.1) is 0 Å². The molecule has 2 amide bonds. The number of amides is 2. The van der Waals surface area contributed by atoms with Crippen molar-refractivity contribution in [3.63, 3.8) is 0 Å². The van der Waals surface area contributed by atoms with E-state index >= 15 is 0 Å². The summed E-state index contributed by atoms with van der Waals surface area (Å²) in [5.41, 5.74) is 1.04. The number of nitrogens with zero attached hydrogens (tertiary/aromatic N) is 1. The Balaban J connectivity index is 1.68. The summed E-state index contributed by atoms with van der Waals surface area (Å²) >= 11 is 0. The van der Waals surface area contributed by atoms with Gasteiger partial charge in [-0.2, -0.15) is 0 Å². The van der Waals surface area contributed by atoms with Gasteiger partial charge in [0.1, 0.15) is 0 Å². The van der Waals surface area contributed by atoms with Gasteiger partial charge in [-0.25, -0.2) is 4.79 Å². The average Bonchev–Trinajstić information content (AvgIpc) is 2.60. The van der Waals surface area contributed by atoms with Crippen molar-refractivity contribution in [3.8, 4) is 0 Å². The number of carboxylic acids is 1. The van der Waals surface area contributed by atoms with Crippen LogP contribution in [0.1, 0.15) is 33.1 Å². The van der Waals surface area contributed by atoms with Gasteiger partial charge < -0.3 is 21.1 Å². The Hall–Kier alpha value is -2.28. The van der Waals surface area contributed by atoms with Gasteiger partial charge in [0, 0.05) is 30.4 Å². The smallest absolute Gasteiger partial charge is 0.317 e. The minimum Gasteiger partial charge on any atom is -0.480 e. The van der Waals surface area contributed by atoms with Crippen molar-refractivity contribution in [1.29, 1.82) is 0 Å². The Morgan fingerprint density at radius 1 is 1.23 bits per heavy atom. The van der Waals surface area contributed by atoms with Crippen molar-refractivity contribution in [1.82, 2.24) is 15.5 Å². The monoisotopic (exact) mass is 362 g/mol. The number of carbonyl (C=O) groups is 2. The second kappa shape index (κ2) is 10.0. The lowest BCUT2D eigenvalue weighted by atomic mass is 9.85. The van der Waals surface area contributed by atoms with E-state index in [4.69, 9.17) is 5.11 Å². The number of hydrogen-bond donors (Lipinski definition) is 4. The largest absolute Gasteiger partial charge is 0.480 e. The number of para-hydroxylation sites is 1. The predicted octanol–water partition coefficient (Wildman–Crippen LogP) is 2.11. The van der Waals surface area contributed by atoms with Gasteiger partial charge in [-0.3, -0.25) is 9.69 Å². The topological polar surface area (TPSA) is 93.7 Å². The first-order chi connectivity index (χ1) is 12.5. The highest BCUT2D eigenvalue weighted by Crippen LogP contribution is 2.25. The molecule has 7 nitrogen and oxygen atoms in total. The van der Waals surface area contributed by atoms with Crippen molar-refractivity contribution in [2.75, 3.05) is 25.0 Å². The first-order valence-corrected chi connectivity index (χ1v) is 9.33. The molecule has 1 unspecified atom stereocenters. The number of likely N-dealkylation sites (N-methyl/N-ethyl adjacent to an activating group) is 1. The molecule has 0 aromatic heterocycles. The van der Waals surface area contributed by atoms with E-state index < -0.39 is 5.97 Å². The molecule has 0 spiro atoms. The molecule has 1 atom stereocenters. The van der Waals surface area contributed by atoms with E-state index in [0.717, 1.165) is 24.9 Å². The van der Waals surface area contributed by atoms with Gasteiger partial charge in [-0.05, 0) is 37.9 Å². The van der Waals surface area contributed by atoms with E-state index in [0.29, 0.717) is 13.1 Å². The number of urea groups is 1. The molecule has 1 aromatic carbocycles. The molecule has 0 bridgehead atoms. The Labute approximate surface area is 155 Å². The van der Waals surface area contributed by atoms with E-state index in [2.05, 4.69) is 16.0 Å². The van der Waals surface area contributed by atoms with Gasteiger partial charge in [0.2, 0.25) is 0 Å². The van der Waals surface area contributed by atoms with Crippen LogP contribution in [0.4, 0.5) is 10.5 Å². The van der Waals surface area contributed by atoms with Crippen molar-refractivity contribution >= 4 is 17.7 Å². The third-order valence-electron chi connectivity index (χ3n) is 4.86. The molecule has 26 heavy (non-hydrogen) atoms. The molecule has 144 valence electrons. The lowest BCUT2D eigenvalue weighted by molar-refractivity contribution is -0.139. The Morgan fingerprint density at radius 3 is 2.50 bits per heavy atom. The van der Waals surface area contributed by atoms with Crippen molar-refractivity contribution in [2.24, 2.45) is 0 Å². The number of hydrogen-bond acceptors (Lipinski definition) is 4. The van der Waals surface area contributed by atoms with Crippen LogP contribution in [0, 0.1) is 0 Å². The van der Waals surface area contributed by atoms with Crippen molar-refractivity contribution in [3.05, 3.63) is 30.3 Å². The predicted molar refractivity (Wildman–Crippen MR) is 102 cm³/mol. The fourth-order valence-corrected chi connectivity index (χ4v) is 3.18. The Morgan fingerprint density at radius 2 is 1.92 bits per heavy atom. The molecule has 1 aliphatic carbocycles. The number of nitrogens with one attached hydrogen (secondary N) is 3. The highest BCUT2D eigenvalue weighted by atomic mass is 16.4. The zero-order chi connectivity index (χ0) is 18.9. The molecule has 0 radical (unpaired) electrons. The minimum absolute atomic E-state index is 0.0465. The summed E-state index contributed by atoms with van der Waals surface area (Å²) < 4.78 is 0. The number of aliphatic carboxylic acids is 1. The van der Waals surface area contributed by atoms with E-state index in [1.165, 1.54) is 0 Å². The van der Waals surface area contributed by atoms with Crippen LogP contribution in [0.2, 0.25) is 0 Å².